The van der Waals surface area contributed by atoms with Gasteiger partial charge in [-0.1, -0.05) is 6.92 Å². The Kier molecular flexibility index (Phi) is 2.34. The third kappa shape index (κ3) is 1.44. The molecule has 1 aliphatic carbocycles. The monoisotopic (exact) mass is 223 g/mol. The van der Waals surface area contributed by atoms with Crippen molar-refractivity contribution in [1.82, 2.24) is 0 Å². The first-order chi connectivity index (χ1) is 7.52. The smallest absolute Gasteiger partial charge is 0.165 e. The van der Waals surface area contributed by atoms with Gasteiger partial charge in [0.25, 0.3) is 0 Å². The molecule has 1 fully saturated rings. The van der Waals surface area contributed by atoms with Gasteiger partial charge in [0.1, 0.15) is 5.82 Å². The molecule has 4 heteroatoms. The summed E-state index contributed by atoms with van der Waals surface area (Å²) in [6.45, 7) is 1.77. The van der Waals surface area contributed by atoms with Crippen molar-refractivity contribution in [3.8, 4) is 11.8 Å². The van der Waals surface area contributed by atoms with Crippen molar-refractivity contribution < 1.29 is 13.5 Å². The number of ether oxygens (including phenoxy) is 1. The molecule has 0 bridgehead atoms. The highest BCUT2D eigenvalue weighted by molar-refractivity contribution is 5.41. The van der Waals surface area contributed by atoms with Gasteiger partial charge < -0.3 is 4.74 Å². The number of halogens is 2. The quantitative estimate of drug-likeness (QED) is 0.772. The SMILES string of the molecule is COc1cc(F)c(C2(C)CC2C#N)cc1F. The average Bonchev–Trinajstić information content (AvgIpc) is 2.93. The Balaban J connectivity index is 2.45. The molecule has 0 heterocycles. The van der Waals surface area contributed by atoms with Crippen molar-refractivity contribution in [2.24, 2.45) is 5.92 Å². The molecule has 2 atom stereocenters. The van der Waals surface area contributed by atoms with Gasteiger partial charge in [-0.2, -0.15) is 5.26 Å². The summed E-state index contributed by atoms with van der Waals surface area (Å²) in [5.74, 6) is -1.45. The number of methoxy groups -OCH3 is 1. The first-order valence-corrected chi connectivity index (χ1v) is 4.96. The molecule has 1 saturated carbocycles. The Hall–Kier alpha value is -1.63. The van der Waals surface area contributed by atoms with Crippen LogP contribution >= 0.6 is 0 Å². The van der Waals surface area contributed by atoms with Crippen LogP contribution in [0.25, 0.3) is 0 Å². The number of rotatable bonds is 2. The second-order valence-electron chi connectivity index (χ2n) is 4.27. The summed E-state index contributed by atoms with van der Waals surface area (Å²) >= 11 is 0. The maximum atomic E-state index is 13.7. The van der Waals surface area contributed by atoms with Gasteiger partial charge in [0.05, 0.1) is 19.1 Å². The zero-order valence-corrected chi connectivity index (χ0v) is 9.05. The zero-order valence-electron chi connectivity index (χ0n) is 9.05. The van der Waals surface area contributed by atoms with Crippen LogP contribution in [0.1, 0.15) is 18.9 Å². The number of benzene rings is 1. The van der Waals surface area contributed by atoms with E-state index in [2.05, 4.69) is 10.8 Å². The van der Waals surface area contributed by atoms with E-state index in [4.69, 9.17) is 5.26 Å². The third-order valence-corrected chi connectivity index (χ3v) is 3.25. The predicted molar refractivity (Wildman–Crippen MR) is 54.0 cm³/mol. The van der Waals surface area contributed by atoms with Gasteiger partial charge in [0, 0.05) is 11.5 Å². The Morgan fingerprint density at radius 1 is 1.44 bits per heavy atom. The summed E-state index contributed by atoms with van der Waals surface area (Å²) in [6.07, 6.45) is 0.576. The molecule has 2 unspecified atom stereocenters. The largest absolute Gasteiger partial charge is 0.494 e. The van der Waals surface area contributed by atoms with E-state index in [-0.39, 0.29) is 17.2 Å². The van der Waals surface area contributed by atoms with Gasteiger partial charge in [-0.15, -0.1) is 0 Å². The molecule has 0 amide bonds. The van der Waals surface area contributed by atoms with Crippen LogP contribution in [-0.4, -0.2) is 7.11 Å². The highest BCUT2D eigenvalue weighted by atomic mass is 19.1. The van der Waals surface area contributed by atoms with Gasteiger partial charge >= 0.3 is 0 Å². The fraction of sp³-hybridized carbons (Fsp3) is 0.417. The molecule has 0 N–H and O–H groups in total. The average molecular weight is 223 g/mol. The Morgan fingerprint density at radius 2 is 2.12 bits per heavy atom. The van der Waals surface area contributed by atoms with Gasteiger partial charge in [-0.3, -0.25) is 0 Å². The second kappa shape index (κ2) is 3.44. The fourth-order valence-corrected chi connectivity index (χ4v) is 1.97. The summed E-state index contributed by atoms with van der Waals surface area (Å²) in [7, 11) is 1.29. The van der Waals surface area contributed by atoms with E-state index in [1.807, 2.05) is 0 Å². The number of nitrogens with zero attached hydrogens (tertiary/aromatic N) is 1. The molecule has 2 rings (SSSR count). The summed E-state index contributed by atoms with van der Waals surface area (Å²) in [4.78, 5) is 0. The molecule has 0 radical (unpaired) electrons. The molecular formula is C12H11F2NO. The molecule has 1 aromatic rings. The molecular weight excluding hydrogens is 212 g/mol. The van der Waals surface area contributed by atoms with E-state index >= 15 is 0 Å². The first-order valence-electron chi connectivity index (χ1n) is 4.96. The van der Waals surface area contributed by atoms with Crippen molar-refractivity contribution in [1.29, 1.82) is 5.26 Å². The van der Waals surface area contributed by atoms with Crippen LogP contribution in [0.15, 0.2) is 12.1 Å². The van der Waals surface area contributed by atoms with E-state index in [9.17, 15) is 8.78 Å². The van der Waals surface area contributed by atoms with Crippen molar-refractivity contribution >= 4 is 0 Å². The molecule has 1 aromatic carbocycles. The van der Waals surface area contributed by atoms with Crippen LogP contribution in [0.2, 0.25) is 0 Å². The highest BCUT2D eigenvalue weighted by Crippen LogP contribution is 2.54. The lowest BCUT2D eigenvalue weighted by molar-refractivity contribution is 0.381. The molecule has 2 nitrogen and oxygen atoms in total. The summed E-state index contributed by atoms with van der Waals surface area (Å²) in [5.41, 5.74) is -0.288. The molecule has 0 aromatic heterocycles. The number of nitriles is 1. The zero-order chi connectivity index (χ0) is 11.9. The molecule has 1 aliphatic rings. The van der Waals surface area contributed by atoms with Crippen molar-refractivity contribution in [2.75, 3.05) is 7.11 Å². The molecule has 0 aliphatic heterocycles. The maximum absolute atomic E-state index is 13.7. The minimum Gasteiger partial charge on any atom is -0.494 e. The lowest BCUT2D eigenvalue weighted by Gasteiger charge is -2.12. The van der Waals surface area contributed by atoms with Crippen molar-refractivity contribution in [2.45, 2.75) is 18.8 Å². The van der Waals surface area contributed by atoms with Crippen molar-refractivity contribution in [3.63, 3.8) is 0 Å². The van der Waals surface area contributed by atoms with Gasteiger partial charge in [-0.25, -0.2) is 8.78 Å². The van der Waals surface area contributed by atoms with E-state index in [0.29, 0.717) is 6.42 Å². The van der Waals surface area contributed by atoms with Gasteiger partial charge in [0.2, 0.25) is 0 Å². The molecule has 84 valence electrons. The highest BCUT2D eigenvalue weighted by Gasteiger charge is 2.53. The first kappa shape index (κ1) is 10.9. The predicted octanol–water partition coefficient (Wildman–Crippen LogP) is 2.77. The topological polar surface area (TPSA) is 33.0 Å². The Bertz CT molecular complexity index is 481. The summed E-state index contributed by atoms with van der Waals surface area (Å²) in [5, 5.41) is 8.77. The van der Waals surface area contributed by atoms with Gasteiger partial charge in [0.15, 0.2) is 11.6 Å². The van der Waals surface area contributed by atoms with Crippen LogP contribution in [0.4, 0.5) is 8.78 Å². The second-order valence-corrected chi connectivity index (χ2v) is 4.27. The molecule has 0 saturated heterocycles. The minimum atomic E-state index is -0.594. The normalized spacial score (nSPS) is 27.3. The van der Waals surface area contributed by atoms with E-state index in [1.54, 1.807) is 6.92 Å². The molecule has 16 heavy (non-hydrogen) atoms. The van der Waals surface area contributed by atoms with Crippen LogP contribution < -0.4 is 4.74 Å². The summed E-state index contributed by atoms with van der Waals surface area (Å²) < 4.78 is 31.8. The minimum absolute atomic E-state index is 0.112. The van der Waals surface area contributed by atoms with Crippen LogP contribution in [0.3, 0.4) is 0 Å². The number of hydrogen-bond donors (Lipinski definition) is 0. The van der Waals surface area contributed by atoms with Crippen molar-refractivity contribution in [3.05, 3.63) is 29.3 Å². The van der Waals surface area contributed by atoms with Crippen LogP contribution in [0.5, 0.6) is 5.75 Å². The fourth-order valence-electron chi connectivity index (χ4n) is 1.97. The standard InChI is InChI=1S/C12H11F2NO/c1-12(5-7(12)6-15)8-3-10(14)11(16-2)4-9(8)13/h3-4,7H,5H2,1-2H3. The van der Waals surface area contributed by atoms with E-state index in [1.165, 1.54) is 7.11 Å². The lowest BCUT2D eigenvalue weighted by atomic mass is 9.95. The third-order valence-electron chi connectivity index (χ3n) is 3.25. The lowest BCUT2D eigenvalue weighted by Crippen LogP contribution is -2.08. The van der Waals surface area contributed by atoms with E-state index < -0.39 is 17.0 Å². The van der Waals surface area contributed by atoms with Gasteiger partial charge in [-0.05, 0) is 18.1 Å². The number of hydrogen-bond acceptors (Lipinski definition) is 2. The van der Waals surface area contributed by atoms with Crippen LogP contribution in [-0.2, 0) is 5.41 Å². The Morgan fingerprint density at radius 3 is 2.62 bits per heavy atom. The van der Waals surface area contributed by atoms with Crippen LogP contribution in [0, 0.1) is 28.9 Å². The molecule has 0 spiro atoms. The van der Waals surface area contributed by atoms with E-state index in [0.717, 1.165) is 12.1 Å². The Labute approximate surface area is 92.5 Å². The summed E-state index contributed by atoms with van der Waals surface area (Å²) in [6, 6.07) is 4.24. The maximum Gasteiger partial charge on any atom is 0.165 e.